The fourth-order valence-electron chi connectivity index (χ4n) is 1.46. The van der Waals surface area contributed by atoms with Gasteiger partial charge >= 0.3 is 0 Å². The molecule has 0 heterocycles. The van der Waals surface area contributed by atoms with Gasteiger partial charge in [0.05, 0.1) is 0 Å². The molecule has 0 aliphatic heterocycles. The van der Waals surface area contributed by atoms with Crippen LogP contribution in [-0.4, -0.2) is 0 Å². The molecule has 0 radical (unpaired) electrons. The Morgan fingerprint density at radius 3 is 1.44 bits per heavy atom. The SMILES string of the molecule is CC1CC(C)C1(C)C.P. The van der Waals surface area contributed by atoms with Crippen molar-refractivity contribution in [3.63, 3.8) is 0 Å². The third kappa shape index (κ3) is 1.29. The zero-order valence-electron chi connectivity index (χ0n) is 7.07. The van der Waals surface area contributed by atoms with Crippen LogP contribution in [0.1, 0.15) is 34.1 Å². The van der Waals surface area contributed by atoms with E-state index in [0.29, 0.717) is 5.41 Å². The van der Waals surface area contributed by atoms with Crippen LogP contribution in [0.15, 0.2) is 0 Å². The molecule has 1 fully saturated rings. The molecule has 1 aliphatic carbocycles. The van der Waals surface area contributed by atoms with Gasteiger partial charge in [0, 0.05) is 0 Å². The van der Waals surface area contributed by atoms with Crippen molar-refractivity contribution in [1.82, 2.24) is 0 Å². The zero-order valence-corrected chi connectivity index (χ0v) is 8.48. The normalized spacial score (nSPS) is 38.7. The predicted molar refractivity (Wildman–Crippen MR) is 47.8 cm³/mol. The average Bonchev–Trinajstić information content (AvgIpc) is 1.68. The number of hydrogen-bond donors (Lipinski definition) is 0. The second-order valence-electron chi connectivity index (χ2n) is 3.86. The van der Waals surface area contributed by atoms with Crippen molar-refractivity contribution in [2.75, 3.05) is 0 Å². The largest absolute Gasteiger partial charge is 0.153 e. The Kier molecular flexibility index (Phi) is 2.70. The Morgan fingerprint density at radius 2 is 1.44 bits per heavy atom. The lowest BCUT2D eigenvalue weighted by Crippen LogP contribution is -2.41. The van der Waals surface area contributed by atoms with E-state index in [-0.39, 0.29) is 9.90 Å². The van der Waals surface area contributed by atoms with Crippen molar-refractivity contribution in [2.24, 2.45) is 17.3 Å². The van der Waals surface area contributed by atoms with Gasteiger partial charge in [-0.05, 0) is 23.7 Å². The Hall–Kier alpha value is 0.430. The lowest BCUT2D eigenvalue weighted by Gasteiger charge is -2.49. The molecule has 0 aromatic rings. The zero-order chi connectivity index (χ0) is 6.36. The molecule has 0 spiro atoms. The summed E-state index contributed by atoms with van der Waals surface area (Å²) in [6.45, 7) is 9.43. The minimum absolute atomic E-state index is 0. The van der Waals surface area contributed by atoms with Gasteiger partial charge < -0.3 is 0 Å². The standard InChI is InChI=1S/C8H16.H3P/c1-6-5-7(2)8(6,3)4;/h6-7H,5H2,1-4H3;1H3. The first-order chi connectivity index (χ1) is 3.55. The summed E-state index contributed by atoms with van der Waals surface area (Å²) in [6.07, 6.45) is 1.44. The monoisotopic (exact) mass is 146 g/mol. The molecule has 56 valence electrons. The molecule has 1 aliphatic rings. The van der Waals surface area contributed by atoms with Crippen LogP contribution in [0.25, 0.3) is 0 Å². The molecular weight excluding hydrogens is 127 g/mol. The highest BCUT2D eigenvalue weighted by Gasteiger charge is 2.41. The summed E-state index contributed by atoms with van der Waals surface area (Å²) in [6, 6.07) is 0. The second-order valence-corrected chi connectivity index (χ2v) is 3.86. The van der Waals surface area contributed by atoms with Crippen LogP contribution in [0.3, 0.4) is 0 Å². The quantitative estimate of drug-likeness (QED) is 0.461. The summed E-state index contributed by atoms with van der Waals surface area (Å²) < 4.78 is 0. The van der Waals surface area contributed by atoms with Crippen LogP contribution in [0.2, 0.25) is 0 Å². The lowest BCUT2D eigenvalue weighted by atomic mass is 9.56. The highest BCUT2D eigenvalue weighted by atomic mass is 31.0. The Balaban J connectivity index is 0.000000640. The van der Waals surface area contributed by atoms with Crippen LogP contribution < -0.4 is 0 Å². The summed E-state index contributed by atoms with van der Waals surface area (Å²) >= 11 is 0. The molecule has 3 unspecified atom stereocenters. The van der Waals surface area contributed by atoms with Gasteiger partial charge in [0.1, 0.15) is 0 Å². The molecule has 0 bridgehead atoms. The minimum Gasteiger partial charge on any atom is -0.153 e. The van der Waals surface area contributed by atoms with Crippen molar-refractivity contribution in [2.45, 2.75) is 34.1 Å². The van der Waals surface area contributed by atoms with Crippen molar-refractivity contribution >= 4 is 9.90 Å². The van der Waals surface area contributed by atoms with Crippen LogP contribution in [0, 0.1) is 17.3 Å². The molecule has 0 saturated heterocycles. The predicted octanol–water partition coefficient (Wildman–Crippen LogP) is 2.75. The molecule has 0 aromatic heterocycles. The first-order valence-corrected chi connectivity index (χ1v) is 3.55. The first-order valence-electron chi connectivity index (χ1n) is 3.55. The second kappa shape index (κ2) is 2.58. The third-order valence-corrected chi connectivity index (χ3v) is 3.25. The molecule has 0 N–H and O–H groups in total. The van der Waals surface area contributed by atoms with Crippen LogP contribution >= 0.6 is 9.90 Å². The molecule has 1 heteroatoms. The Bertz CT molecular complexity index is 86.7. The van der Waals surface area contributed by atoms with E-state index < -0.39 is 0 Å². The van der Waals surface area contributed by atoms with Crippen molar-refractivity contribution < 1.29 is 0 Å². The van der Waals surface area contributed by atoms with Crippen LogP contribution in [0.4, 0.5) is 0 Å². The molecule has 9 heavy (non-hydrogen) atoms. The van der Waals surface area contributed by atoms with Crippen molar-refractivity contribution in [1.29, 1.82) is 0 Å². The molecule has 3 atom stereocenters. The number of rotatable bonds is 0. The number of hydrogen-bond acceptors (Lipinski definition) is 0. The van der Waals surface area contributed by atoms with Gasteiger partial charge in [-0.2, -0.15) is 9.90 Å². The van der Waals surface area contributed by atoms with Crippen LogP contribution in [-0.2, 0) is 0 Å². The van der Waals surface area contributed by atoms with Crippen molar-refractivity contribution in [3.8, 4) is 0 Å². The maximum absolute atomic E-state index is 2.37. The Labute approximate surface area is 62.0 Å². The smallest absolute Gasteiger partial charge is 0.0303 e. The average molecular weight is 146 g/mol. The van der Waals surface area contributed by atoms with Gasteiger partial charge in [0.25, 0.3) is 0 Å². The van der Waals surface area contributed by atoms with E-state index in [0.717, 1.165) is 11.8 Å². The fraction of sp³-hybridized carbons (Fsp3) is 1.00. The third-order valence-electron chi connectivity index (χ3n) is 3.25. The van der Waals surface area contributed by atoms with Gasteiger partial charge in [-0.25, -0.2) is 0 Å². The summed E-state index contributed by atoms with van der Waals surface area (Å²) in [5.41, 5.74) is 0.639. The van der Waals surface area contributed by atoms with Gasteiger partial charge in [0.2, 0.25) is 0 Å². The van der Waals surface area contributed by atoms with Gasteiger partial charge in [-0.3, -0.25) is 0 Å². The molecule has 1 rings (SSSR count). The minimum atomic E-state index is 0. The molecular formula is C8H19P. The van der Waals surface area contributed by atoms with Gasteiger partial charge in [-0.15, -0.1) is 0 Å². The van der Waals surface area contributed by atoms with E-state index in [1.807, 2.05) is 0 Å². The summed E-state index contributed by atoms with van der Waals surface area (Å²) in [5.74, 6) is 1.91. The van der Waals surface area contributed by atoms with Crippen molar-refractivity contribution in [3.05, 3.63) is 0 Å². The molecule has 1 saturated carbocycles. The Morgan fingerprint density at radius 1 is 1.11 bits per heavy atom. The summed E-state index contributed by atoms with van der Waals surface area (Å²) in [4.78, 5) is 0. The molecule has 0 aromatic carbocycles. The van der Waals surface area contributed by atoms with Gasteiger partial charge in [0.15, 0.2) is 0 Å². The first kappa shape index (κ1) is 9.43. The maximum Gasteiger partial charge on any atom is -0.0303 e. The fourth-order valence-corrected chi connectivity index (χ4v) is 1.46. The topological polar surface area (TPSA) is 0 Å². The highest BCUT2D eigenvalue weighted by molar-refractivity contribution is 6.92. The van der Waals surface area contributed by atoms with E-state index in [4.69, 9.17) is 0 Å². The van der Waals surface area contributed by atoms with E-state index in [2.05, 4.69) is 27.7 Å². The summed E-state index contributed by atoms with van der Waals surface area (Å²) in [5, 5.41) is 0. The van der Waals surface area contributed by atoms with Crippen LogP contribution in [0.5, 0.6) is 0 Å². The van der Waals surface area contributed by atoms with E-state index in [1.165, 1.54) is 6.42 Å². The molecule has 0 amide bonds. The van der Waals surface area contributed by atoms with E-state index >= 15 is 0 Å². The molecule has 0 nitrogen and oxygen atoms in total. The van der Waals surface area contributed by atoms with E-state index in [9.17, 15) is 0 Å². The highest BCUT2D eigenvalue weighted by Crippen LogP contribution is 2.50. The van der Waals surface area contributed by atoms with Gasteiger partial charge in [-0.1, -0.05) is 27.7 Å². The summed E-state index contributed by atoms with van der Waals surface area (Å²) in [7, 11) is 0. The van der Waals surface area contributed by atoms with E-state index in [1.54, 1.807) is 0 Å². The maximum atomic E-state index is 2.37. The lowest BCUT2D eigenvalue weighted by molar-refractivity contribution is 0.00567.